The summed E-state index contributed by atoms with van der Waals surface area (Å²) in [5, 5.41) is 0. The highest BCUT2D eigenvalue weighted by Crippen LogP contribution is 2.35. The average Bonchev–Trinajstić information content (AvgIpc) is 2.87. The second-order valence-corrected chi connectivity index (χ2v) is 7.90. The quantitative estimate of drug-likeness (QED) is 0.598. The van der Waals surface area contributed by atoms with E-state index >= 15 is 0 Å². The smallest absolute Gasteiger partial charge is 0.343 e. The molecule has 6 nitrogen and oxygen atoms in total. The predicted octanol–water partition coefficient (Wildman–Crippen LogP) is 3.39. The number of esters is 1. The third kappa shape index (κ3) is 3.10. The topological polar surface area (TPSA) is 76.0 Å². The fourth-order valence-corrected chi connectivity index (χ4v) is 4.55. The fraction of sp³-hybridized carbons (Fsp3) is 0.263. The van der Waals surface area contributed by atoms with Gasteiger partial charge >= 0.3 is 5.97 Å². The number of nitrogens with zero attached hydrogens (tertiary/aromatic N) is 2. The molecule has 0 aromatic heterocycles. The van der Waals surface area contributed by atoms with Crippen LogP contribution in [0, 0.1) is 0 Å². The summed E-state index contributed by atoms with van der Waals surface area (Å²) in [5.74, 6) is 0.403. The molecule has 0 spiro atoms. The van der Waals surface area contributed by atoms with Crippen LogP contribution in [0.15, 0.2) is 57.8 Å². The molecule has 2 aliphatic rings. The van der Waals surface area contributed by atoms with E-state index in [4.69, 9.17) is 4.74 Å². The summed E-state index contributed by atoms with van der Waals surface area (Å²) in [6, 6.07) is 13.3. The van der Waals surface area contributed by atoms with Crippen LogP contribution < -0.4 is 9.64 Å². The van der Waals surface area contributed by atoms with Gasteiger partial charge in [0, 0.05) is 13.0 Å². The molecule has 4 rings (SSSR count). The third-order valence-electron chi connectivity index (χ3n) is 4.54. The van der Waals surface area contributed by atoms with E-state index in [-0.39, 0.29) is 10.5 Å². The Kier molecular flexibility index (Phi) is 4.24. The van der Waals surface area contributed by atoms with E-state index < -0.39 is 16.0 Å². The predicted molar refractivity (Wildman–Crippen MR) is 98.3 cm³/mol. The van der Waals surface area contributed by atoms with Gasteiger partial charge in [0.25, 0.3) is 10.0 Å². The molecule has 0 aliphatic carbocycles. The van der Waals surface area contributed by atoms with Crippen molar-refractivity contribution >= 4 is 27.5 Å². The number of hydrogen-bond donors (Lipinski definition) is 0. The molecule has 2 aromatic rings. The number of ether oxygens (including phenoxy) is 1. The molecule has 0 saturated carbocycles. The van der Waals surface area contributed by atoms with Crippen molar-refractivity contribution in [2.75, 3.05) is 11.4 Å². The van der Waals surface area contributed by atoms with Crippen LogP contribution in [0.25, 0.3) is 0 Å². The van der Waals surface area contributed by atoms with Crippen LogP contribution in [-0.4, -0.2) is 26.8 Å². The second-order valence-electron chi connectivity index (χ2n) is 6.33. The molecule has 0 bridgehead atoms. The summed E-state index contributed by atoms with van der Waals surface area (Å²) in [5.41, 5.74) is 0.776. The van der Waals surface area contributed by atoms with E-state index in [1.54, 1.807) is 36.4 Å². The molecule has 2 heterocycles. The lowest BCUT2D eigenvalue weighted by Crippen LogP contribution is -2.35. The largest absolute Gasteiger partial charge is 0.423 e. The van der Waals surface area contributed by atoms with Crippen LogP contribution in [0.2, 0.25) is 0 Å². The Hall–Kier alpha value is -2.67. The number of carbonyl (C=O) groups is 1. The molecule has 1 fully saturated rings. The van der Waals surface area contributed by atoms with Gasteiger partial charge in [-0.3, -0.25) is 0 Å². The fourth-order valence-electron chi connectivity index (χ4n) is 3.26. The maximum atomic E-state index is 12.6. The summed E-state index contributed by atoms with van der Waals surface area (Å²) in [4.78, 5) is 14.4. The zero-order chi connectivity index (χ0) is 18.1. The Morgan fingerprint density at radius 1 is 1.04 bits per heavy atom. The first-order valence-corrected chi connectivity index (χ1v) is 10.0. The van der Waals surface area contributed by atoms with Gasteiger partial charge in [0.05, 0.1) is 11.3 Å². The van der Waals surface area contributed by atoms with Crippen molar-refractivity contribution in [1.29, 1.82) is 0 Å². The lowest BCUT2D eigenvalue weighted by Gasteiger charge is -2.29. The minimum Gasteiger partial charge on any atom is -0.423 e. The van der Waals surface area contributed by atoms with Gasteiger partial charge in [0.1, 0.15) is 16.5 Å². The molecule has 0 N–H and O–H groups in total. The number of benzene rings is 2. The maximum absolute atomic E-state index is 12.6. The molecule has 0 unspecified atom stereocenters. The van der Waals surface area contributed by atoms with E-state index in [0.29, 0.717) is 23.7 Å². The number of fused-ring (bicyclic) bond motifs is 3. The summed E-state index contributed by atoms with van der Waals surface area (Å²) in [6.07, 6.45) is 3.61. The van der Waals surface area contributed by atoms with Gasteiger partial charge in [-0.15, -0.1) is 4.40 Å². The van der Waals surface area contributed by atoms with Crippen molar-refractivity contribution < 1.29 is 17.9 Å². The Bertz CT molecular complexity index is 984. The first kappa shape index (κ1) is 16.8. The van der Waals surface area contributed by atoms with E-state index in [0.717, 1.165) is 25.8 Å². The summed E-state index contributed by atoms with van der Waals surface area (Å²) in [7, 11) is -3.82. The van der Waals surface area contributed by atoms with Crippen molar-refractivity contribution in [1.82, 2.24) is 0 Å². The van der Waals surface area contributed by atoms with E-state index in [1.807, 2.05) is 11.0 Å². The van der Waals surface area contributed by atoms with Crippen LogP contribution in [-0.2, 0) is 10.0 Å². The Morgan fingerprint density at radius 2 is 1.85 bits per heavy atom. The van der Waals surface area contributed by atoms with Gasteiger partial charge in [-0.05, 0) is 43.2 Å². The normalized spacial score (nSPS) is 18.2. The lowest BCUT2D eigenvalue weighted by molar-refractivity contribution is 0.0734. The number of hydrogen-bond acceptors (Lipinski definition) is 5. The summed E-state index contributed by atoms with van der Waals surface area (Å²) >= 11 is 0. The second kappa shape index (κ2) is 6.57. The van der Waals surface area contributed by atoms with Crippen LogP contribution in [0.1, 0.15) is 36.0 Å². The van der Waals surface area contributed by atoms with Gasteiger partial charge in [-0.1, -0.05) is 24.6 Å². The summed E-state index contributed by atoms with van der Waals surface area (Å²) in [6.45, 7) is 0.731. The van der Waals surface area contributed by atoms with E-state index in [2.05, 4.69) is 4.40 Å². The number of rotatable bonds is 2. The van der Waals surface area contributed by atoms with Crippen molar-refractivity contribution in [3.63, 3.8) is 0 Å². The zero-order valence-corrected chi connectivity index (χ0v) is 14.9. The van der Waals surface area contributed by atoms with Gasteiger partial charge in [0.2, 0.25) is 0 Å². The molecular formula is C19H18N2O4S. The zero-order valence-electron chi connectivity index (χ0n) is 14.1. The highest BCUT2D eigenvalue weighted by Gasteiger charge is 2.32. The van der Waals surface area contributed by atoms with Gasteiger partial charge < -0.3 is 9.64 Å². The Labute approximate surface area is 152 Å². The summed E-state index contributed by atoms with van der Waals surface area (Å²) < 4.78 is 34.5. The van der Waals surface area contributed by atoms with E-state index in [1.165, 1.54) is 6.07 Å². The molecule has 26 heavy (non-hydrogen) atoms. The number of anilines is 1. The maximum Gasteiger partial charge on any atom is 0.343 e. The molecule has 1 saturated heterocycles. The molecular weight excluding hydrogens is 352 g/mol. The minimum atomic E-state index is -3.82. The first-order chi connectivity index (χ1) is 12.5. The van der Waals surface area contributed by atoms with Crippen molar-refractivity contribution in [2.45, 2.75) is 30.6 Å². The number of para-hydroxylation sites is 1. The minimum absolute atomic E-state index is 0.0608. The monoisotopic (exact) mass is 370 g/mol. The molecule has 2 aliphatic heterocycles. The van der Waals surface area contributed by atoms with Crippen molar-refractivity contribution in [3.05, 3.63) is 54.1 Å². The van der Waals surface area contributed by atoms with Crippen LogP contribution in [0.5, 0.6) is 5.75 Å². The van der Waals surface area contributed by atoms with Gasteiger partial charge in [0.15, 0.2) is 0 Å². The molecule has 134 valence electrons. The molecule has 0 radical (unpaired) electrons. The average molecular weight is 370 g/mol. The Morgan fingerprint density at radius 3 is 2.65 bits per heavy atom. The number of amidine groups is 1. The van der Waals surface area contributed by atoms with E-state index in [9.17, 15) is 13.2 Å². The van der Waals surface area contributed by atoms with Crippen molar-refractivity contribution in [3.8, 4) is 5.75 Å². The van der Waals surface area contributed by atoms with Crippen LogP contribution >= 0.6 is 0 Å². The number of carbonyl (C=O) groups excluding carboxylic acids is 1. The molecule has 0 amide bonds. The van der Waals surface area contributed by atoms with Gasteiger partial charge in [-0.25, -0.2) is 4.79 Å². The third-order valence-corrected chi connectivity index (χ3v) is 5.87. The standard InChI is InChI=1S/C19H18N2O4S/c22-19(25-15-7-3-1-4-8-15)14-10-11-16-17(13-14)26(23,24)20-18-9-5-2-6-12-21(16)18/h1,3-4,7-8,10-11,13H,2,5-6,9,12H2. The highest BCUT2D eigenvalue weighted by molar-refractivity contribution is 7.90. The first-order valence-electron chi connectivity index (χ1n) is 8.57. The SMILES string of the molecule is O=C(Oc1ccccc1)c1ccc2c(c1)S(=O)(=O)N=C1CCCCCN12. The molecule has 0 atom stereocenters. The lowest BCUT2D eigenvalue weighted by atomic mass is 10.2. The molecule has 7 heteroatoms. The van der Waals surface area contributed by atoms with Gasteiger partial charge in [-0.2, -0.15) is 8.42 Å². The van der Waals surface area contributed by atoms with Crippen molar-refractivity contribution in [2.24, 2.45) is 4.40 Å². The number of sulfonamides is 1. The highest BCUT2D eigenvalue weighted by atomic mass is 32.2. The van der Waals surface area contributed by atoms with Crippen LogP contribution in [0.3, 0.4) is 0 Å². The molecule has 2 aromatic carbocycles. The Balaban J connectivity index is 1.70. The van der Waals surface area contributed by atoms with Crippen LogP contribution in [0.4, 0.5) is 5.69 Å².